The smallest absolute Gasteiger partial charge is 0.0597 e. The van der Waals surface area contributed by atoms with Crippen molar-refractivity contribution < 1.29 is 0 Å². The van der Waals surface area contributed by atoms with Gasteiger partial charge in [-0.15, -0.1) is 0 Å². The molecule has 0 amide bonds. The molecule has 100 valence electrons. The van der Waals surface area contributed by atoms with Crippen molar-refractivity contribution in [2.24, 2.45) is 5.73 Å². The van der Waals surface area contributed by atoms with Gasteiger partial charge in [-0.2, -0.15) is 0 Å². The van der Waals surface area contributed by atoms with Crippen LogP contribution in [0.15, 0.2) is 53.0 Å². The minimum absolute atomic E-state index is 0.240. The molecule has 0 aliphatic rings. The fourth-order valence-corrected chi connectivity index (χ4v) is 2.77. The first-order valence-corrected chi connectivity index (χ1v) is 7.12. The third-order valence-corrected chi connectivity index (χ3v) is 3.68. The molecule has 0 aliphatic heterocycles. The molecule has 1 atom stereocenters. The molecule has 2 N–H and O–H groups in total. The molecule has 2 aromatic rings. The molecular weight excluding hydrogens is 300 g/mol. The summed E-state index contributed by atoms with van der Waals surface area (Å²) in [6.07, 6.45) is 0. The largest absolute Gasteiger partial charge is 0.326 e. The number of hydrogen-bond acceptors (Lipinski definition) is 2. The van der Waals surface area contributed by atoms with Crippen LogP contribution in [-0.2, 0) is 6.54 Å². The Morgan fingerprint density at radius 2 is 1.68 bits per heavy atom. The molecule has 0 heterocycles. The second kappa shape index (κ2) is 6.33. The van der Waals surface area contributed by atoms with Crippen LogP contribution in [0.25, 0.3) is 0 Å². The van der Waals surface area contributed by atoms with Gasteiger partial charge >= 0.3 is 0 Å². The van der Waals surface area contributed by atoms with E-state index in [-0.39, 0.29) is 6.04 Å². The van der Waals surface area contributed by atoms with Crippen LogP contribution in [0.3, 0.4) is 0 Å². The van der Waals surface area contributed by atoms with Gasteiger partial charge in [-0.3, -0.25) is 4.90 Å². The molecule has 2 rings (SSSR count). The van der Waals surface area contributed by atoms with Crippen molar-refractivity contribution >= 4 is 15.9 Å². The van der Waals surface area contributed by atoms with Gasteiger partial charge in [-0.25, -0.2) is 0 Å². The van der Waals surface area contributed by atoms with Crippen molar-refractivity contribution in [3.63, 3.8) is 0 Å². The summed E-state index contributed by atoms with van der Waals surface area (Å²) in [5.41, 5.74) is 9.44. The maximum atomic E-state index is 5.74. The summed E-state index contributed by atoms with van der Waals surface area (Å²) in [7, 11) is 4.20. The van der Waals surface area contributed by atoms with Crippen molar-refractivity contribution in [2.45, 2.75) is 12.6 Å². The van der Waals surface area contributed by atoms with Crippen LogP contribution in [0, 0.1) is 0 Å². The van der Waals surface area contributed by atoms with E-state index in [1.54, 1.807) is 0 Å². The van der Waals surface area contributed by atoms with Gasteiger partial charge in [-0.05, 0) is 42.9 Å². The van der Waals surface area contributed by atoms with E-state index in [1.807, 2.05) is 6.07 Å². The Hall–Kier alpha value is -1.16. The molecule has 0 saturated heterocycles. The van der Waals surface area contributed by atoms with E-state index in [4.69, 9.17) is 5.73 Å². The monoisotopic (exact) mass is 318 g/mol. The molecule has 19 heavy (non-hydrogen) atoms. The number of hydrogen-bond donors (Lipinski definition) is 1. The predicted octanol–water partition coefficient (Wildman–Crippen LogP) is 3.56. The first-order valence-electron chi connectivity index (χ1n) is 6.32. The fourth-order valence-electron chi connectivity index (χ4n) is 2.36. The Balaban J connectivity index is 2.45. The van der Waals surface area contributed by atoms with Crippen LogP contribution >= 0.6 is 15.9 Å². The average Bonchev–Trinajstić information content (AvgIpc) is 2.39. The van der Waals surface area contributed by atoms with Gasteiger partial charge < -0.3 is 5.73 Å². The summed E-state index contributed by atoms with van der Waals surface area (Å²) < 4.78 is 1.10. The zero-order valence-corrected chi connectivity index (χ0v) is 12.9. The van der Waals surface area contributed by atoms with Crippen LogP contribution in [-0.4, -0.2) is 19.0 Å². The molecule has 2 nitrogen and oxygen atoms in total. The Morgan fingerprint density at radius 3 is 2.26 bits per heavy atom. The molecule has 0 aliphatic carbocycles. The summed E-state index contributed by atoms with van der Waals surface area (Å²) in [5, 5.41) is 0. The van der Waals surface area contributed by atoms with Crippen molar-refractivity contribution in [3.05, 3.63) is 69.7 Å². The Kier molecular flexibility index (Phi) is 4.75. The topological polar surface area (TPSA) is 29.3 Å². The van der Waals surface area contributed by atoms with Crippen molar-refractivity contribution in [3.8, 4) is 0 Å². The van der Waals surface area contributed by atoms with Crippen molar-refractivity contribution in [1.82, 2.24) is 4.90 Å². The summed E-state index contributed by atoms with van der Waals surface area (Å²) in [6.45, 7) is 0.576. The molecule has 0 bridgehead atoms. The SMILES string of the molecule is CN(C)C(c1cccc(Br)c1)c1cccc(CN)c1. The van der Waals surface area contributed by atoms with Gasteiger partial charge in [0.05, 0.1) is 6.04 Å². The van der Waals surface area contributed by atoms with Crippen LogP contribution in [0.4, 0.5) is 0 Å². The summed E-state index contributed by atoms with van der Waals surface area (Å²) >= 11 is 3.54. The van der Waals surface area contributed by atoms with Crippen LogP contribution in [0.5, 0.6) is 0 Å². The van der Waals surface area contributed by atoms with E-state index in [0.717, 1.165) is 4.47 Å². The van der Waals surface area contributed by atoms with Gasteiger partial charge in [0, 0.05) is 11.0 Å². The summed E-state index contributed by atoms with van der Waals surface area (Å²) in [6, 6.07) is 17.2. The van der Waals surface area contributed by atoms with Gasteiger partial charge in [-0.1, -0.05) is 52.3 Å². The van der Waals surface area contributed by atoms with Gasteiger partial charge in [0.25, 0.3) is 0 Å². The molecular formula is C16H19BrN2. The number of halogens is 1. The standard InChI is InChI=1S/C16H19BrN2/c1-19(2)16(14-7-4-8-15(17)10-14)13-6-3-5-12(9-13)11-18/h3-10,16H,11,18H2,1-2H3. The Bertz CT molecular complexity index is 552. The van der Waals surface area contributed by atoms with Crippen LogP contribution in [0.1, 0.15) is 22.7 Å². The summed E-state index contributed by atoms with van der Waals surface area (Å²) in [5.74, 6) is 0. The number of benzene rings is 2. The zero-order valence-electron chi connectivity index (χ0n) is 11.3. The lowest BCUT2D eigenvalue weighted by molar-refractivity contribution is 0.342. The molecule has 0 fully saturated rings. The zero-order chi connectivity index (χ0) is 13.8. The van der Waals surface area contributed by atoms with E-state index >= 15 is 0 Å². The van der Waals surface area contributed by atoms with E-state index in [0.29, 0.717) is 6.54 Å². The second-order valence-corrected chi connectivity index (χ2v) is 5.79. The number of nitrogens with two attached hydrogens (primary N) is 1. The highest BCUT2D eigenvalue weighted by atomic mass is 79.9. The molecule has 0 spiro atoms. The lowest BCUT2D eigenvalue weighted by atomic mass is 9.96. The first-order chi connectivity index (χ1) is 9.11. The molecule has 3 heteroatoms. The summed E-state index contributed by atoms with van der Waals surface area (Å²) in [4.78, 5) is 2.22. The highest BCUT2D eigenvalue weighted by Crippen LogP contribution is 2.28. The van der Waals surface area contributed by atoms with E-state index in [9.17, 15) is 0 Å². The van der Waals surface area contributed by atoms with E-state index < -0.39 is 0 Å². The van der Waals surface area contributed by atoms with Gasteiger partial charge in [0.15, 0.2) is 0 Å². The quantitative estimate of drug-likeness (QED) is 0.934. The highest BCUT2D eigenvalue weighted by Gasteiger charge is 2.16. The maximum Gasteiger partial charge on any atom is 0.0597 e. The highest BCUT2D eigenvalue weighted by molar-refractivity contribution is 9.10. The molecule has 0 radical (unpaired) electrons. The average molecular weight is 319 g/mol. The molecule has 1 unspecified atom stereocenters. The van der Waals surface area contributed by atoms with E-state index in [1.165, 1.54) is 16.7 Å². The third-order valence-electron chi connectivity index (χ3n) is 3.18. The third kappa shape index (κ3) is 3.44. The predicted molar refractivity (Wildman–Crippen MR) is 84.0 cm³/mol. The van der Waals surface area contributed by atoms with Crippen LogP contribution < -0.4 is 5.73 Å². The lowest BCUT2D eigenvalue weighted by Crippen LogP contribution is -2.21. The van der Waals surface area contributed by atoms with Gasteiger partial charge in [0.1, 0.15) is 0 Å². The van der Waals surface area contributed by atoms with Gasteiger partial charge in [0.2, 0.25) is 0 Å². The minimum atomic E-state index is 0.240. The van der Waals surface area contributed by atoms with E-state index in [2.05, 4.69) is 77.4 Å². The maximum absolute atomic E-state index is 5.74. The molecule has 2 aromatic carbocycles. The number of nitrogens with zero attached hydrogens (tertiary/aromatic N) is 1. The second-order valence-electron chi connectivity index (χ2n) is 4.87. The Labute approximate surface area is 123 Å². The Morgan fingerprint density at radius 1 is 1.05 bits per heavy atom. The van der Waals surface area contributed by atoms with Crippen LogP contribution in [0.2, 0.25) is 0 Å². The van der Waals surface area contributed by atoms with Crippen molar-refractivity contribution in [1.29, 1.82) is 0 Å². The number of rotatable bonds is 4. The molecule has 0 saturated carbocycles. The first kappa shape index (κ1) is 14.3. The minimum Gasteiger partial charge on any atom is -0.326 e. The fraction of sp³-hybridized carbons (Fsp3) is 0.250. The molecule has 0 aromatic heterocycles. The normalized spacial score (nSPS) is 12.7. The van der Waals surface area contributed by atoms with Crippen molar-refractivity contribution in [2.75, 3.05) is 14.1 Å². The lowest BCUT2D eigenvalue weighted by Gasteiger charge is -2.26.